The lowest BCUT2D eigenvalue weighted by atomic mass is 9.77. The first-order valence-corrected chi connectivity index (χ1v) is 7.65. The largest absolute Gasteiger partial charge is 0.381 e. The van der Waals surface area contributed by atoms with Crippen LogP contribution in [0.15, 0.2) is 18.3 Å². The first-order valence-electron chi connectivity index (χ1n) is 7.27. The van der Waals surface area contributed by atoms with Crippen molar-refractivity contribution in [1.29, 1.82) is 0 Å². The summed E-state index contributed by atoms with van der Waals surface area (Å²) < 4.78 is 11.5. The summed E-state index contributed by atoms with van der Waals surface area (Å²) in [7, 11) is 0. The van der Waals surface area contributed by atoms with Crippen LogP contribution < -0.4 is 5.73 Å². The van der Waals surface area contributed by atoms with Crippen molar-refractivity contribution >= 4 is 11.6 Å². The van der Waals surface area contributed by atoms with E-state index < -0.39 is 0 Å². The van der Waals surface area contributed by atoms with E-state index in [1.165, 1.54) is 0 Å². The summed E-state index contributed by atoms with van der Waals surface area (Å²) in [5, 5.41) is 0.647. The maximum Gasteiger partial charge on any atom is 0.0729 e. The van der Waals surface area contributed by atoms with Crippen molar-refractivity contribution in [2.45, 2.75) is 37.3 Å². The lowest BCUT2D eigenvalue weighted by Crippen LogP contribution is -2.46. The molecule has 2 aliphatic rings. The molecule has 2 aliphatic heterocycles. The summed E-state index contributed by atoms with van der Waals surface area (Å²) in [6.07, 6.45) is 5.62. The fourth-order valence-electron chi connectivity index (χ4n) is 3.29. The number of aromatic nitrogens is 1. The molecule has 2 unspecified atom stereocenters. The van der Waals surface area contributed by atoms with Gasteiger partial charge < -0.3 is 15.2 Å². The van der Waals surface area contributed by atoms with E-state index in [1.807, 2.05) is 12.1 Å². The van der Waals surface area contributed by atoms with Crippen LogP contribution in [0.3, 0.4) is 0 Å². The highest BCUT2D eigenvalue weighted by Crippen LogP contribution is 2.40. The summed E-state index contributed by atoms with van der Waals surface area (Å²) >= 11 is 5.88. The van der Waals surface area contributed by atoms with Crippen LogP contribution in [0.2, 0.25) is 5.02 Å². The second-order valence-electron chi connectivity index (χ2n) is 5.82. The average molecular weight is 297 g/mol. The Morgan fingerprint density at radius 3 is 2.80 bits per heavy atom. The van der Waals surface area contributed by atoms with E-state index in [0.717, 1.165) is 51.2 Å². The third-order valence-electron chi connectivity index (χ3n) is 4.53. The molecule has 0 aromatic carbocycles. The highest BCUT2D eigenvalue weighted by atomic mass is 35.5. The summed E-state index contributed by atoms with van der Waals surface area (Å²) in [6.45, 7) is 2.37. The molecule has 0 amide bonds. The van der Waals surface area contributed by atoms with Crippen molar-refractivity contribution in [2.24, 2.45) is 11.7 Å². The number of ether oxygens (including phenoxy) is 2. The SMILES string of the molecule is NC(c1ccc(Cl)cn1)C1CCOC2(CCOCC2)C1. The number of rotatable bonds is 2. The van der Waals surface area contributed by atoms with Gasteiger partial charge in [0.1, 0.15) is 0 Å². The fourth-order valence-corrected chi connectivity index (χ4v) is 3.40. The zero-order chi connectivity index (χ0) is 14.0. The molecule has 110 valence electrons. The Morgan fingerprint density at radius 1 is 1.30 bits per heavy atom. The van der Waals surface area contributed by atoms with Crippen LogP contribution in [0.4, 0.5) is 0 Å². The summed E-state index contributed by atoms with van der Waals surface area (Å²) in [6, 6.07) is 3.74. The van der Waals surface area contributed by atoms with Crippen molar-refractivity contribution in [3.05, 3.63) is 29.0 Å². The normalized spacial score (nSPS) is 27.4. The molecular weight excluding hydrogens is 276 g/mol. The molecular formula is C15H21ClN2O2. The third-order valence-corrected chi connectivity index (χ3v) is 4.76. The Morgan fingerprint density at radius 2 is 2.10 bits per heavy atom. The van der Waals surface area contributed by atoms with Crippen LogP contribution in [0.1, 0.15) is 37.4 Å². The average Bonchev–Trinajstić information content (AvgIpc) is 2.48. The van der Waals surface area contributed by atoms with E-state index in [9.17, 15) is 0 Å². The van der Waals surface area contributed by atoms with Crippen molar-refractivity contribution < 1.29 is 9.47 Å². The molecule has 0 radical (unpaired) electrons. The van der Waals surface area contributed by atoms with Gasteiger partial charge in [-0.1, -0.05) is 11.6 Å². The van der Waals surface area contributed by atoms with Crippen molar-refractivity contribution in [1.82, 2.24) is 4.98 Å². The van der Waals surface area contributed by atoms with Gasteiger partial charge in [-0.15, -0.1) is 0 Å². The fraction of sp³-hybridized carbons (Fsp3) is 0.667. The maximum atomic E-state index is 6.42. The molecule has 0 aliphatic carbocycles. The molecule has 2 saturated heterocycles. The number of halogens is 1. The molecule has 3 rings (SSSR count). The smallest absolute Gasteiger partial charge is 0.0729 e. The predicted octanol–water partition coefficient (Wildman–Crippen LogP) is 2.71. The van der Waals surface area contributed by atoms with Gasteiger partial charge in [0.05, 0.1) is 22.4 Å². The van der Waals surface area contributed by atoms with Gasteiger partial charge in [0.2, 0.25) is 0 Å². The molecule has 2 fully saturated rings. The van der Waals surface area contributed by atoms with Gasteiger partial charge in [-0.2, -0.15) is 0 Å². The van der Waals surface area contributed by atoms with Gasteiger partial charge in [-0.25, -0.2) is 0 Å². The van der Waals surface area contributed by atoms with E-state index in [0.29, 0.717) is 10.9 Å². The Labute approximate surface area is 124 Å². The molecule has 4 nitrogen and oxygen atoms in total. The lowest BCUT2D eigenvalue weighted by molar-refractivity contribution is -0.149. The van der Waals surface area contributed by atoms with Gasteiger partial charge in [-0.3, -0.25) is 4.98 Å². The van der Waals surface area contributed by atoms with Crippen LogP contribution in [-0.4, -0.2) is 30.4 Å². The van der Waals surface area contributed by atoms with Crippen LogP contribution in [0.25, 0.3) is 0 Å². The quantitative estimate of drug-likeness (QED) is 0.911. The van der Waals surface area contributed by atoms with E-state index in [4.69, 9.17) is 26.8 Å². The number of pyridine rings is 1. The number of hydrogen-bond donors (Lipinski definition) is 1. The Bertz CT molecular complexity index is 440. The number of nitrogens with zero attached hydrogens (tertiary/aromatic N) is 1. The Balaban J connectivity index is 1.71. The molecule has 5 heteroatoms. The zero-order valence-electron chi connectivity index (χ0n) is 11.6. The van der Waals surface area contributed by atoms with E-state index >= 15 is 0 Å². The second-order valence-corrected chi connectivity index (χ2v) is 6.26. The van der Waals surface area contributed by atoms with E-state index in [2.05, 4.69) is 4.98 Å². The third kappa shape index (κ3) is 2.98. The number of nitrogens with two attached hydrogens (primary N) is 1. The zero-order valence-corrected chi connectivity index (χ0v) is 12.3. The topological polar surface area (TPSA) is 57.4 Å². The molecule has 0 saturated carbocycles. The van der Waals surface area contributed by atoms with Gasteiger partial charge in [0.15, 0.2) is 0 Å². The standard InChI is InChI=1S/C15H21ClN2O2/c16-12-1-2-13(18-10-12)14(17)11-3-6-20-15(9-11)4-7-19-8-5-15/h1-2,10-11,14H,3-9,17H2. The maximum absolute atomic E-state index is 6.42. The van der Waals surface area contributed by atoms with Crippen LogP contribution in [-0.2, 0) is 9.47 Å². The molecule has 3 heterocycles. The molecule has 1 spiro atoms. The molecule has 1 aromatic heterocycles. The van der Waals surface area contributed by atoms with Crippen molar-refractivity contribution in [3.63, 3.8) is 0 Å². The Hall–Kier alpha value is -0.680. The first-order chi connectivity index (χ1) is 9.69. The van der Waals surface area contributed by atoms with E-state index in [-0.39, 0.29) is 11.6 Å². The first kappa shape index (κ1) is 14.3. The van der Waals surface area contributed by atoms with Crippen LogP contribution >= 0.6 is 11.6 Å². The van der Waals surface area contributed by atoms with Crippen LogP contribution in [0.5, 0.6) is 0 Å². The van der Waals surface area contributed by atoms with Gasteiger partial charge in [0, 0.05) is 26.0 Å². The van der Waals surface area contributed by atoms with Gasteiger partial charge >= 0.3 is 0 Å². The molecule has 2 N–H and O–H groups in total. The van der Waals surface area contributed by atoms with Crippen molar-refractivity contribution in [3.8, 4) is 0 Å². The summed E-state index contributed by atoms with van der Waals surface area (Å²) in [4.78, 5) is 4.36. The lowest BCUT2D eigenvalue weighted by Gasteiger charge is -2.44. The molecule has 2 atom stereocenters. The summed E-state index contributed by atoms with van der Waals surface area (Å²) in [5.74, 6) is 0.413. The molecule has 0 bridgehead atoms. The molecule has 20 heavy (non-hydrogen) atoms. The summed E-state index contributed by atoms with van der Waals surface area (Å²) in [5.41, 5.74) is 7.31. The minimum absolute atomic E-state index is 0.0226. The monoisotopic (exact) mass is 296 g/mol. The van der Waals surface area contributed by atoms with E-state index in [1.54, 1.807) is 6.20 Å². The number of hydrogen-bond acceptors (Lipinski definition) is 4. The van der Waals surface area contributed by atoms with Crippen LogP contribution in [0, 0.1) is 5.92 Å². The van der Waals surface area contributed by atoms with Gasteiger partial charge in [-0.05, 0) is 43.7 Å². The predicted molar refractivity (Wildman–Crippen MR) is 77.6 cm³/mol. The minimum atomic E-state index is -0.0455. The highest BCUT2D eigenvalue weighted by Gasteiger charge is 2.41. The highest BCUT2D eigenvalue weighted by molar-refractivity contribution is 6.30. The second kappa shape index (κ2) is 5.98. The van der Waals surface area contributed by atoms with Gasteiger partial charge in [0.25, 0.3) is 0 Å². The Kier molecular flexibility index (Phi) is 4.26. The molecule has 1 aromatic rings. The minimum Gasteiger partial charge on any atom is -0.381 e. The van der Waals surface area contributed by atoms with Crippen molar-refractivity contribution in [2.75, 3.05) is 19.8 Å².